The Hall–Kier alpha value is -2.57. The van der Waals surface area contributed by atoms with E-state index in [1.54, 1.807) is 18.3 Å². The topological polar surface area (TPSA) is 93.8 Å². The monoisotopic (exact) mass is 245 g/mol. The molecule has 18 heavy (non-hydrogen) atoms. The van der Waals surface area contributed by atoms with Crippen LogP contribution in [0.3, 0.4) is 0 Å². The van der Waals surface area contributed by atoms with E-state index < -0.39 is 4.92 Å². The van der Waals surface area contributed by atoms with Gasteiger partial charge in [-0.15, -0.1) is 0 Å². The van der Waals surface area contributed by atoms with Crippen LogP contribution in [-0.2, 0) is 0 Å². The SMILES string of the molecule is CCNc1ncnc(-c2cccnc2)c1[N+](=O)[O-]. The number of hydrogen-bond acceptors (Lipinski definition) is 6. The third kappa shape index (κ3) is 2.24. The number of pyridine rings is 1. The molecule has 0 atom stereocenters. The molecule has 0 radical (unpaired) electrons. The number of anilines is 1. The maximum absolute atomic E-state index is 11.2. The normalized spacial score (nSPS) is 10.1. The zero-order chi connectivity index (χ0) is 13.0. The van der Waals surface area contributed by atoms with Gasteiger partial charge in [-0.2, -0.15) is 0 Å². The van der Waals surface area contributed by atoms with E-state index in [0.717, 1.165) is 0 Å². The first kappa shape index (κ1) is 11.9. The van der Waals surface area contributed by atoms with E-state index in [1.807, 2.05) is 6.92 Å². The standard InChI is InChI=1S/C11H11N5O2/c1-2-13-11-10(16(17)18)9(14-7-15-11)8-4-3-5-12-6-8/h3-7H,2H2,1H3,(H,13,14,15). The highest BCUT2D eigenvalue weighted by molar-refractivity contribution is 5.76. The number of aromatic nitrogens is 3. The second kappa shape index (κ2) is 5.17. The molecule has 2 heterocycles. The summed E-state index contributed by atoms with van der Waals surface area (Å²) in [4.78, 5) is 22.5. The Labute approximate surface area is 103 Å². The summed E-state index contributed by atoms with van der Waals surface area (Å²) in [6, 6.07) is 3.42. The number of hydrogen-bond donors (Lipinski definition) is 1. The molecule has 0 aliphatic rings. The Morgan fingerprint density at radius 2 is 2.28 bits per heavy atom. The smallest absolute Gasteiger partial charge is 0.337 e. The van der Waals surface area contributed by atoms with Crippen molar-refractivity contribution in [1.29, 1.82) is 0 Å². The lowest BCUT2D eigenvalue weighted by atomic mass is 10.2. The van der Waals surface area contributed by atoms with Crippen LogP contribution in [0.25, 0.3) is 11.3 Å². The highest BCUT2D eigenvalue weighted by atomic mass is 16.6. The summed E-state index contributed by atoms with van der Waals surface area (Å²) >= 11 is 0. The first-order chi connectivity index (χ1) is 8.74. The molecule has 0 aromatic carbocycles. The van der Waals surface area contributed by atoms with Gasteiger partial charge < -0.3 is 5.32 Å². The summed E-state index contributed by atoms with van der Waals surface area (Å²) in [6.07, 6.45) is 4.43. The average Bonchev–Trinajstić information content (AvgIpc) is 2.39. The van der Waals surface area contributed by atoms with E-state index in [1.165, 1.54) is 12.5 Å². The fourth-order valence-electron chi connectivity index (χ4n) is 1.56. The van der Waals surface area contributed by atoms with Crippen molar-refractivity contribution in [2.75, 3.05) is 11.9 Å². The zero-order valence-corrected chi connectivity index (χ0v) is 9.70. The van der Waals surface area contributed by atoms with Crippen LogP contribution in [0.15, 0.2) is 30.9 Å². The van der Waals surface area contributed by atoms with E-state index >= 15 is 0 Å². The van der Waals surface area contributed by atoms with Crippen LogP contribution in [0, 0.1) is 10.1 Å². The van der Waals surface area contributed by atoms with Crippen LogP contribution < -0.4 is 5.32 Å². The number of nitrogens with zero attached hydrogens (tertiary/aromatic N) is 4. The molecule has 0 unspecified atom stereocenters. The van der Waals surface area contributed by atoms with Crippen molar-refractivity contribution in [2.24, 2.45) is 0 Å². The Balaban J connectivity index is 2.60. The van der Waals surface area contributed by atoms with E-state index in [0.29, 0.717) is 12.1 Å². The average molecular weight is 245 g/mol. The fourth-order valence-corrected chi connectivity index (χ4v) is 1.56. The molecule has 0 fully saturated rings. The first-order valence-corrected chi connectivity index (χ1v) is 5.37. The molecule has 0 saturated carbocycles. The van der Waals surface area contributed by atoms with Gasteiger partial charge in [0, 0.05) is 24.5 Å². The van der Waals surface area contributed by atoms with E-state index in [2.05, 4.69) is 20.3 Å². The highest BCUT2D eigenvalue weighted by Gasteiger charge is 2.23. The molecule has 1 N–H and O–H groups in total. The predicted molar refractivity (Wildman–Crippen MR) is 66.1 cm³/mol. The summed E-state index contributed by atoms with van der Waals surface area (Å²) in [6.45, 7) is 2.39. The summed E-state index contributed by atoms with van der Waals surface area (Å²) in [7, 11) is 0. The van der Waals surface area contributed by atoms with Crippen molar-refractivity contribution in [3.8, 4) is 11.3 Å². The minimum Gasteiger partial charge on any atom is -0.365 e. The Morgan fingerprint density at radius 3 is 2.89 bits per heavy atom. The molecule has 0 saturated heterocycles. The quantitative estimate of drug-likeness (QED) is 0.652. The van der Waals surface area contributed by atoms with E-state index in [9.17, 15) is 10.1 Å². The molecule has 0 spiro atoms. The van der Waals surface area contributed by atoms with Gasteiger partial charge in [-0.05, 0) is 19.1 Å². The van der Waals surface area contributed by atoms with Gasteiger partial charge in [0.15, 0.2) is 5.69 Å². The molecular formula is C11H11N5O2. The number of nitro groups is 1. The highest BCUT2D eigenvalue weighted by Crippen LogP contribution is 2.31. The molecule has 2 rings (SSSR count). The second-order valence-corrected chi connectivity index (χ2v) is 3.45. The van der Waals surface area contributed by atoms with Gasteiger partial charge >= 0.3 is 5.69 Å². The van der Waals surface area contributed by atoms with Gasteiger partial charge in [-0.25, -0.2) is 9.97 Å². The van der Waals surface area contributed by atoms with Crippen LogP contribution in [0.1, 0.15) is 6.92 Å². The van der Waals surface area contributed by atoms with Crippen molar-refractivity contribution in [1.82, 2.24) is 15.0 Å². The summed E-state index contributed by atoms with van der Waals surface area (Å²) in [5.74, 6) is 0.219. The van der Waals surface area contributed by atoms with Gasteiger partial charge in [-0.1, -0.05) is 0 Å². The molecular weight excluding hydrogens is 234 g/mol. The van der Waals surface area contributed by atoms with Crippen LogP contribution in [-0.4, -0.2) is 26.4 Å². The second-order valence-electron chi connectivity index (χ2n) is 3.45. The number of rotatable bonds is 4. The summed E-state index contributed by atoms with van der Waals surface area (Å²) in [5.41, 5.74) is 0.720. The maximum atomic E-state index is 11.2. The molecule has 0 amide bonds. The van der Waals surface area contributed by atoms with Crippen molar-refractivity contribution >= 4 is 11.5 Å². The van der Waals surface area contributed by atoms with Crippen molar-refractivity contribution in [3.05, 3.63) is 41.0 Å². The lowest BCUT2D eigenvalue weighted by Gasteiger charge is -2.06. The molecule has 0 aliphatic carbocycles. The van der Waals surface area contributed by atoms with Gasteiger partial charge in [0.05, 0.1) is 4.92 Å². The lowest BCUT2D eigenvalue weighted by molar-refractivity contribution is -0.383. The fraction of sp³-hybridized carbons (Fsp3) is 0.182. The molecule has 7 heteroatoms. The Kier molecular flexibility index (Phi) is 3.42. The zero-order valence-electron chi connectivity index (χ0n) is 9.70. The summed E-state index contributed by atoms with van der Waals surface area (Å²) in [5, 5.41) is 14.0. The molecule has 7 nitrogen and oxygen atoms in total. The molecule has 2 aromatic rings. The van der Waals surface area contributed by atoms with Gasteiger partial charge in [0.2, 0.25) is 5.82 Å². The van der Waals surface area contributed by atoms with Gasteiger partial charge in [0.1, 0.15) is 6.33 Å². The largest absolute Gasteiger partial charge is 0.365 e. The van der Waals surface area contributed by atoms with Gasteiger partial charge in [0.25, 0.3) is 0 Å². The summed E-state index contributed by atoms with van der Waals surface area (Å²) < 4.78 is 0. The van der Waals surface area contributed by atoms with Crippen molar-refractivity contribution in [2.45, 2.75) is 6.92 Å². The Morgan fingerprint density at radius 1 is 1.44 bits per heavy atom. The maximum Gasteiger partial charge on any atom is 0.337 e. The van der Waals surface area contributed by atoms with Crippen LogP contribution in [0.2, 0.25) is 0 Å². The van der Waals surface area contributed by atoms with Gasteiger partial charge in [-0.3, -0.25) is 15.1 Å². The van der Waals surface area contributed by atoms with Crippen LogP contribution in [0.4, 0.5) is 11.5 Å². The minimum atomic E-state index is -0.486. The van der Waals surface area contributed by atoms with E-state index in [-0.39, 0.29) is 17.2 Å². The van der Waals surface area contributed by atoms with Crippen LogP contribution in [0.5, 0.6) is 0 Å². The van der Waals surface area contributed by atoms with E-state index in [4.69, 9.17) is 0 Å². The third-order valence-corrected chi connectivity index (χ3v) is 2.28. The molecule has 92 valence electrons. The van der Waals surface area contributed by atoms with Crippen LogP contribution >= 0.6 is 0 Å². The minimum absolute atomic E-state index is 0.132. The van der Waals surface area contributed by atoms with Crippen molar-refractivity contribution in [3.63, 3.8) is 0 Å². The predicted octanol–water partition coefficient (Wildman–Crippen LogP) is 1.88. The molecule has 0 bridgehead atoms. The Bertz CT molecular complexity index is 559. The lowest BCUT2D eigenvalue weighted by Crippen LogP contribution is -2.06. The van der Waals surface area contributed by atoms with Crippen molar-refractivity contribution < 1.29 is 4.92 Å². The number of nitrogens with one attached hydrogen (secondary N) is 1. The third-order valence-electron chi connectivity index (χ3n) is 2.28. The molecule has 0 aliphatic heterocycles. The first-order valence-electron chi connectivity index (χ1n) is 5.37. The molecule has 2 aromatic heterocycles.